The Kier molecular flexibility index (Phi) is 5.79. The Hall–Kier alpha value is -4.02. The molecule has 1 unspecified atom stereocenters. The van der Waals surface area contributed by atoms with Crippen molar-refractivity contribution in [1.82, 2.24) is 14.8 Å². The molecule has 0 saturated carbocycles. The number of aromatic nitrogens is 1. The van der Waals surface area contributed by atoms with Gasteiger partial charge in [-0.2, -0.15) is 0 Å². The number of nitrogens with zero attached hydrogens (tertiary/aromatic N) is 3. The summed E-state index contributed by atoms with van der Waals surface area (Å²) in [7, 11) is 0. The average Bonchev–Trinajstić information content (AvgIpc) is 3.61. The molecule has 3 amide bonds. The van der Waals surface area contributed by atoms with E-state index in [0.29, 0.717) is 42.9 Å². The van der Waals surface area contributed by atoms with Crippen LogP contribution < -0.4 is 10.6 Å². The number of piperazine rings is 1. The maximum Gasteiger partial charge on any atom is 0.328 e. The van der Waals surface area contributed by atoms with E-state index >= 15 is 0 Å². The molecule has 3 atom stereocenters. The van der Waals surface area contributed by atoms with E-state index in [1.54, 1.807) is 17.6 Å². The Bertz CT molecular complexity index is 1560. The van der Waals surface area contributed by atoms with Crippen molar-refractivity contribution in [2.24, 2.45) is 0 Å². The maximum atomic E-state index is 14.1. The smallest absolute Gasteiger partial charge is 0.325 e. The fraction of sp³-hybridized carbons (Fsp3) is 0.333. The van der Waals surface area contributed by atoms with Crippen molar-refractivity contribution < 1.29 is 28.5 Å². The van der Waals surface area contributed by atoms with Gasteiger partial charge in [0.15, 0.2) is 0 Å². The molecule has 0 radical (unpaired) electrons. The Balaban J connectivity index is 1.11. The van der Waals surface area contributed by atoms with Crippen LogP contribution in [0.1, 0.15) is 41.1 Å². The lowest BCUT2D eigenvalue weighted by Crippen LogP contribution is -2.83. The predicted molar refractivity (Wildman–Crippen MR) is 140 cm³/mol. The van der Waals surface area contributed by atoms with Crippen LogP contribution in [-0.2, 0) is 32.6 Å². The first kappa shape index (κ1) is 25.0. The van der Waals surface area contributed by atoms with Gasteiger partial charge in [0, 0.05) is 24.5 Å². The fourth-order valence-electron chi connectivity index (χ4n) is 7.04. The van der Waals surface area contributed by atoms with E-state index in [1.807, 2.05) is 29.2 Å². The SMILES string of the molecule is O=C(CN1C(=O)C2CCCN2C[C@@H]1c1cc(F)cc(F)c1)Nc1ccc2c(c1)C[C@@]1(C2)C(=O)[NH2+]c2ncccc21. The van der Waals surface area contributed by atoms with E-state index < -0.39 is 29.0 Å². The molecule has 1 aromatic heterocycles. The summed E-state index contributed by atoms with van der Waals surface area (Å²) in [5.74, 6) is -1.27. The summed E-state index contributed by atoms with van der Waals surface area (Å²) in [6, 6.07) is 11.7. The van der Waals surface area contributed by atoms with Gasteiger partial charge in [-0.25, -0.2) is 23.9 Å². The number of benzene rings is 2. The van der Waals surface area contributed by atoms with Gasteiger partial charge in [-0.05, 0) is 85.3 Å². The fourth-order valence-corrected chi connectivity index (χ4v) is 7.04. The first-order chi connectivity index (χ1) is 19.3. The molecule has 8 nitrogen and oxygen atoms in total. The van der Waals surface area contributed by atoms with Gasteiger partial charge >= 0.3 is 5.91 Å². The maximum absolute atomic E-state index is 14.1. The molecule has 40 heavy (non-hydrogen) atoms. The molecule has 2 saturated heterocycles. The van der Waals surface area contributed by atoms with Crippen LogP contribution in [0, 0.1) is 11.6 Å². The number of nitrogens with one attached hydrogen (secondary N) is 1. The van der Waals surface area contributed by atoms with Crippen LogP contribution in [0.2, 0.25) is 0 Å². The summed E-state index contributed by atoms with van der Waals surface area (Å²) < 4.78 is 28.2. The summed E-state index contributed by atoms with van der Waals surface area (Å²) in [4.78, 5) is 47.6. The number of halogens is 2. The van der Waals surface area contributed by atoms with Gasteiger partial charge in [0.05, 0.1) is 17.6 Å². The Morgan fingerprint density at radius 2 is 1.85 bits per heavy atom. The number of amides is 3. The number of fused-ring (bicyclic) bond motifs is 4. The van der Waals surface area contributed by atoms with Gasteiger partial charge in [-0.1, -0.05) is 6.07 Å². The highest BCUT2D eigenvalue weighted by Gasteiger charge is 2.55. The Morgan fingerprint density at radius 3 is 2.67 bits per heavy atom. The normalized spacial score (nSPS) is 25.3. The monoisotopic (exact) mass is 544 g/mol. The molecule has 0 bridgehead atoms. The highest BCUT2D eigenvalue weighted by molar-refractivity contribution is 5.96. The highest BCUT2D eigenvalue weighted by atomic mass is 19.1. The van der Waals surface area contributed by atoms with Crippen molar-refractivity contribution in [2.45, 2.75) is 43.2 Å². The van der Waals surface area contributed by atoms with Crippen molar-refractivity contribution in [3.63, 3.8) is 0 Å². The number of hydrogen-bond acceptors (Lipinski definition) is 5. The number of pyridine rings is 1. The van der Waals surface area contributed by atoms with Crippen molar-refractivity contribution in [2.75, 3.05) is 25.0 Å². The minimum atomic E-state index is -0.719. The van der Waals surface area contributed by atoms with Crippen molar-refractivity contribution in [3.8, 4) is 0 Å². The number of quaternary nitrogens is 1. The van der Waals surface area contributed by atoms with E-state index in [0.717, 1.165) is 35.7 Å². The quantitative estimate of drug-likeness (QED) is 0.525. The van der Waals surface area contributed by atoms with Crippen LogP contribution in [0.5, 0.6) is 0 Å². The van der Waals surface area contributed by atoms with Crippen LogP contribution in [0.25, 0.3) is 0 Å². The van der Waals surface area contributed by atoms with E-state index in [1.165, 1.54) is 17.0 Å². The topological polar surface area (TPSA) is 99.2 Å². The van der Waals surface area contributed by atoms with Crippen LogP contribution in [0.3, 0.4) is 0 Å². The number of carbonyl (C=O) groups excluding carboxylic acids is 3. The van der Waals surface area contributed by atoms with Crippen LogP contribution >= 0.6 is 0 Å². The summed E-state index contributed by atoms with van der Waals surface area (Å²) in [6.07, 6.45) is 4.34. The molecule has 1 spiro atoms. The van der Waals surface area contributed by atoms with Gasteiger partial charge in [0.25, 0.3) is 0 Å². The molecule has 3 N–H and O–H groups in total. The molecule has 204 valence electrons. The molecule has 7 rings (SSSR count). The second kappa shape index (κ2) is 9.28. The molecular weight excluding hydrogens is 516 g/mol. The molecule has 3 aliphatic heterocycles. The number of carbonyl (C=O) groups is 3. The van der Waals surface area contributed by atoms with Crippen LogP contribution in [0.4, 0.5) is 20.3 Å². The van der Waals surface area contributed by atoms with Crippen LogP contribution in [-0.4, -0.2) is 58.2 Å². The number of hydrogen-bond donors (Lipinski definition) is 2. The van der Waals surface area contributed by atoms with Gasteiger partial charge < -0.3 is 10.2 Å². The van der Waals surface area contributed by atoms with Crippen LogP contribution in [0.15, 0.2) is 54.7 Å². The summed E-state index contributed by atoms with van der Waals surface area (Å²) >= 11 is 0. The molecule has 10 heteroatoms. The van der Waals surface area contributed by atoms with E-state index in [9.17, 15) is 23.2 Å². The summed E-state index contributed by atoms with van der Waals surface area (Å²) in [6.45, 7) is 0.913. The number of rotatable bonds is 4. The first-order valence-corrected chi connectivity index (χ1v) is 13.6. The Morgan fingerprint density at radius 1 is 1.05 bits per heavy atom. The minimum absolute atomic E-state index is 0.0485. The first-order valence-electron chi connectivity index (χ1n) is 13.6. The third kappa shape index (κ3) is 4.01. The van der Waals surface area contributed by atoms with Crippen molar-refractivity contribution in [3.05, 3.63) is 88.6 Å². The zero-order chi connectivity index (χ0) is 27.6. The lowest BCUT2D eigenvalue weighted by molar-refractivity contribution is -0.483. The lowest BCUT2D eigenvalue weighted by atomic mass is 9.79. The van der Waals surface area contributed by atoms with Gasteiger partial charge in [0.2, 0.25) is 17.6 Å². The van der Waals surface area contributed by atoms with Gasteiger partial charge in [-0.15, -0.1) is 0 Å². The van der Waals surface area contributed by atoms with E-state index in [4.69, 9.17) is 0 Å². The lowest BCUT2D eigenvalue weighted by Gasteiger charge is -2.43. The van der Waals surface area contributed by atoms with Crippen molar-refractivity contribution >= 4 is 29.2 Å². The highest BCUT2D eigenvalue weighted by Crippen LogP contribution is 2.44. The number of anilines is 1. The number of primary amides is 1. The van der Waals surface area contributed by atoms with E-state index in [2.05, 4.69) is 10.3 Å². The zero-order valence-corrected chi connectivity index (χ0v) is 21.7. The molecular formula is C30H28F2N5O3+. The van der Waals surface area contributed by atoms with Gasteiger partial charge in [-0.3, -0.25) is 14.5 Å². The standard InChI is InChI=1S/C30H27F2N5O3/c31-20-9-18(10-21(32)12-20)25-15-36-8-2-4-24(36)28(39)37(25)16-26(38)34-22-6-5-17-13-30(14-19(17)11-22)23-3-1-7-33-27(23)35-29(30)40/h1,3,5-7,9-12,24-25H,2,4,8,13-16H2,(H,34,38)(H,33,35,40)/p+1/t24?,25-,30-/m1/s1. The third-order valence-corrected chi connectivity index (χ3v) is 8.87. The second-order valence-electron chi connectivity index (χ2n) is 11.2. The number of nitrogens with two attached hydrogens (primary N) is 1. The molecule has 4 heterocycles. The van der Waals surface area contributed by atoms with Crippen molar-refractivity contribution in [1.29, 1.82) is 0 Å². The molecule has 1 aliphatic carbocycles. The molecule has 4 aliphatic rings. The molecule has 2 aromatic carbocycles. The largest absolute Gasteiger partial charge is 0.328 e. The van der Waals surface area contributed by atoms with Gasteiger partial charge in [0.1, 0.15) is 23.6 Å². The second-order valence-corrected chi connectivity index (χ2v) is 11.2. The predicted octanol–water partition coefficient (Wildman–Crippen LogP) is 2.12. The molecule has 2 fully saturated rings. The third-order valence-electron chi connectivity index (χ3n) is 8.87. The average molecular weight is 545 g/mol. The zero-order valence-electron chi connectivity index (χ0n) is 21.7. The molecule has 3 aromatic rings. The van der Waals surface area contributed by atoms with E-state index in [-0.39, 0.29) is 24.4 Å². The minimum Gasteiger partial charge on any atom is -0.325 e. The summed E-state index contributed by atoms with van der Waals surface area (Å²) in [5, 5.41) is 4.52. The summed E-state index contributed by atoms with van der Waals surface area (Å²) in [5.41, 5.74) is 3.22. The Labute approximate surface area is 229 Å².